The summed E-state index contributed by atoms with van der Waals surface area (Å²) < 4.78 is 5.70. The van der Waals surface area contributed by atoms with Crippen LogP contribution in [-0.2, 0) is 6.42 Å². The molecule has 1 nitrogen and oxygen atoms in total. The van der Waals surface area contributed by atoms with Gasteiger partial charge in [-0.15, -0.1) is 0 Å². The lowest BCUT2D eigenvalue weighted by Crippen LogP contribution is -2.00. The van der Waals surface area contributed by atoms with E-state index in [1.807, 2.05) is 6.07 Å². The van der Waals surface area contributed by atoms with Crippen LogP contribution in [0.1, 0.15) is 32.3 Å². The highest BCUT2D eigenvalue weighted by atomic mass is 79.9. The molecule has 0 aromatic heterocycles. The topological polar surface area (TPSA) is 9.23 Å². The smallest absolute Gasteiger partial charge is 0.122 e. The number of alkyl halides is 1. The van der Waals surface area contributed by atoms with E-state index in [1.54, 1.807) is 0 Å². The molecule has 15 heavy (non-hydrogen) atoms. The number of ether oxygens (including phenoxy) is 1. The Hall–Kier alpha value is -0.500. The molecule has 0 bridgehead atoms. The number of para-hydroxylation sites is 1. The molecular weight excluding hydrogens is 252 g/mol. The molecule has 0 radical (unpaired) electrons. The number of rotatable bonds is 6. The molecule has 1 rings (SSSR count). The van der Waals surface area contributed by atoms with Gasteiger partial charge in [-0.05, 0) is 30.9 Å². The van der Waals surface area contributed by atoms with Gasteiger partial charge >= 0.3 is 0 Å². The fourth-order valence-electron chi connectivity index (χ4n) is 1.42. The maximum Gasteiger partial charge on any atom is 0.122 e. The summed E-state index contributed by atoms with van der Waals surface area (Å²) in [5.41, 5.74) is 1.32. The first kappa shape index (κ1) is 12.6. The Bertz CT molecular complexity index is 284. The minimum atomic E-state index is 0.566. The zero-order chi connectivity index (χ0) is 11.1. The molecule has 1 aromatic rings. The quantitative estimate of drug-likeness (QED) is 0.705. The van der Waals surface area contributed by atoms with Crippen LogP contribution in [0.5, 0.6) is 5.75 Å². The summed E-state index contributed by atoms with van der Waals surface area (Å²) in [6.07, 6.45) is 3.28. The van der Waals surface area contributed by atoms with Crippen molar-refractivity contribution in [1.82, 2.24) is 0 Å². The van der Waals surface area contributed by atoms with Crippen LogP contribution in [0.2, 0.25) is 0 Å². The van der Waals surface area contributed by atoms with Gasteiger partial charge in [-0.2, -0.15) is 0 Å². The highest BCUT2D eigenvalue weighted by molar-refractivity contribution is 9.09. The zero-order valence-corrected chi connectivity index (χ0v) is 11.1. The molecule has 0 aliphatic carbocycles. The van der Waals surface area contributed by atoms with E-state index in [0.717, 1.165) is 31.6 Å². The van der Waals surface area contributed by atoms with Gasteiger partial charge in [0, 0.05) is 4.83 Å². The van der Waals surface area contributed by atoms with Crippen molar-refractivity contribution in [2.45, 2.75) is 37.9 Å². The molecule has 1 atom stereocenters. The Kier molecular flexibility index (Phi) is 5.77. The first-order valence-electron chi connectivity index (χ1n) is 5.58. The van der Waals surface area contributed by atoms with Crippen LogP contribution < -0.4 is 4.74 Å². The zero-order valence-electron chi connectivity index (χ0n) is 9.50. The van der Waals surface area contributed by atoms with Gasteiger partial charge in [-0.1, -0.05) is 48.0 Å². The van der Waals surface area contributed by atoms with Gasteiger partial charge in [0.25, 0.3) is 0 Å². The SMILES string of the molecule is CCCOc1ccccc1CCC(C)Br. The molecule has 0 fully saturated rings. The number of halogens is 1. The van der Waals surface area contributed by atoms with Gasteiger partial charge in [0.15, 0.2) is 0 Å². The molecule has 2 heteroatoms. The third-order valence-corrected chi connectivity index (χ3v) is 2.70. The number of hydrogen-bond donors (Lipinski definition) is 0. The van der Waals surface area contributed by atoms with Gasteiger partial charge in [0.05, 0.1) is 6.61 Å². The largest absolute Gasteiger partial charge is 0.493 e. The van der Waals surface area contributed by atoms with Gasteiger partial charge in [0.2, 0.25) is 0 Å². The van der Waals surface area contributed by atoms with Crippen molar-refractivity contribution in [2.75, 3.05) is 6.61 Å². The molecule has 0 aliphatic rings. The van der Waals surface area contributed by atoms with Crippen LogP contribution in [0.4, 0.5) is 0 Å². The molecular formula is C13H19BrO. The Morgan fingerprint density at radius 3 is 2.73 bits per heavy atom. The van der Waals surface area contributed by atoms with Crippen LogP contribution in [0.15, 0.2) is 24.3 Å². The van der Waals surface area contributed by atoms with Crippen LogP contribution in [0.25, 0.3) is 0 Å². The van der Waals surface area contributed by atoms with Crippen LogP contribution in [0, 0.1) is 0 Å². The summed E-state index contributed by atoms with van der Waals surface area (Å²) >= 11 is 3.57. The second kappa shape index (κ2) is 6.89. The van der Waals surface area contributed by atoms with Crippen LogP contribution in [0.3, 0.4) is 0 Å². The van der Waals surface area contributed by atoms with Crippen molar-refractivity contribution < 1.29 is 4.74 Å². The minimum absolute atomic E-state index is 0.566. The van der Waals surface area contributed by atoms with Crippen molar-refractivity contribution in [3.05, 3.63) is 29.8 Å². The second-order valence-corrected chi connectivity index (χ2v) is 5.34. The summed E-state index contributed by atoms with van der Waals surface area (Å²) in [4.78, 5) is 0.566. The Balaban J connectivity index is 2.59. The number of benzene rings is 1. The number of hydrogen-bond acceptors (Lipinski definition) is 1. The molecule has 84 valence electrons. The van der Waals surface area contributed by atoms with Crippen molar-refractivity contribution in [1.29, 1.82) is 0 Å². The minimum Gasteiger partial charge on any atom is -0.493 e. The normalized spacial score (nSPS) is 12.5. The maximum atomic E-state index is 5.70. The first-order valence-corrected chi connectivity index (χ1v) is 6.50. The summed E-state index contributed by atoms with van der Waals surface area (Å²) in [6.45, 7) is 5.11. The van der Waals surface area contributed by atoms with Crippen LogP contribution in [-0.4, -0.2) is 11.4 Å². The predicted octanol–water partition coefficient (Wildman–Crippen LogP) is 4.19. The summed E-state index contributed by atoms with van der Waals surface area (Å²) in [5, 5.41) is 0. The summed E-state index contributed by atoms with van der Waals surface area (Å²) in [5.74, 6) is 1.05. The lowest BCUT2D eigenvalue weighted by atomic mass is 10.1. The van der Waals surface area contributed by atoms with E-state index in [2.05, 4.69) is 48.0 Å². The lowest BCUT2D eigenvalue weighted by molar-refractivity contribution is 0.314. The molecule has 0 saturated carbocycles. The Morgan fingerprint density at radius 2 is 2.07 bits per heavy atom. The van der Waals surface area contributed by atoms with E-state index in [9.17, 15) is 0 Å². The second-order valence-electron chi connectivity index (χ2n) is 3.78. The average Bonchev–Trinajstić information content (AvgIpc) is 2.24. The number of aryl methyl sites for hydroxylation is 1. The van der Waals surface area contributed by atoms with Crippen molar-refractivity contribution in [3.8, 4) is 5.75 Å². The highest BCUT2D eigenvalue weighted by Crippen LogP contribution is 2.21. The van der Waals surface area contributed by atoms with E-state index < -0.39 is 0 Å². The highest BCUT2D eigenvalue weighted by Gasteiger charge is 2.04. The standard InChI is InChI=1S/C13H19BrO/c1-3-10-15-13-7-5-4-6-12(13)9-8-11(2)14/h4-7,11H,3,8-10H2,1-2H3. The molecule has 0 N–H and O–H groups in total. The van der Waals surface area contributed by atoms with Crippen LogP contribution >= 0.6 is 15.9 Å². The fraction of sp³-hybridized carbons (Fsp3) is 0.538. The Labute approximate surface area is 101 Å². The molecule has 1 unspecified atom stereocenters. The summed E-state index contributed by atoms with van der Waals surface area (Å²) in [7, 11) is 0. The van der Waals surface area contributed by atoms with E-state index in [0.29, 0.717) is 4.83 Å². The van der Waals surface area contributed by atoms with Gasteiger partial charge < -0.3 is 4.74 Å². The average molecular weight is 271 g/mol. The molecule has 1 aromatic carbocycles. The van der Waals surface area contributed by atoms with Gasteiger partial charge in [-0.3, -0.25) is 0 Å². The maximum absolute atomic E-state index is 5.70. The Morgan fingerprint density at radius 1 is 1.33 bits per heavy atom. The van der Waals surface area contributed by atoms with Crippen molar-refractivity contribution >= 4 is 15.9 Å². The van der Waals surface area contributed by atoms with Crippen molar-refractivity contribution in [3.63, 3.8) is 0 Å². The molecule has 0 saturated heterocycles. The summed E-state index contributed by atoms with van der Waals surface area (Å²) in [6, 6.07) is 8.32. The van der Waals surface area contributed by atoms with E-state index in [-0.39, 0.29) is 0 Å². The molecule has 0 spiro atoms. The third kappa shape index (κ3) is 4.70. The molecule has 0 amide bonds. The van der Waals surface area contributed by atoms with E-state index >= 15 is 0 Å². The van der Waals surface area contributed by atoms with Gasteiger partial charge in [-0.25, -0.2) is 0 Å². The molecule has 0 heterocycles. The fourth-order valence-corrected chi connectivity index (χ4v) is 1.65. The van der Waals surface area contributed by atoms with Gasteiger partial charge in [0.1, 0.15) is 5.75 Å². The first-order chi connectivity index (χ1) is 7.24. The third-order valence-electron chi connectivity index (χ3n) is 2.25. The van der Waals surface area contributed by atoms with Crippen molar-refractivity contribution in [2.24, 2.45) is 0 Å². The predicted molar refractivity (Wildman–Crippen MR) is 68.9 cm³/mol. The van der Waals surface area contributed by atoms with E-state index in [4.69, 9.17) is 4.74 Å². The molecule has 0 aliphatic heterocycles. The monoisotopic (exact) mass is 270 g/mol. The van der Waals surface area contributed by atoms with E-state index in [1.165, 1.54) is 5.56 Å². The lowest BCUT2D eigenvalue weighted by Gasteiger charge is -2.11.